The number of benzene rings is 1. The fourth-order valence-corrected chi connectivity index (χ4v) is 4.09. The fraction of sp³-hybridized carbons (Fsp3) is 0.292. The average Bonchev–Trinajstić information content (AvgIpc) is 2.77. The van der Waals surface area contributed by atoms with Crippen molar-refractivity contribution < 1.29 is 19.1 Å². The summed E-state index contributed by atoms with van der Waals surface area (Å²) in [7, 11) is 1.61. The number of hydrogen-bond acceptors (Lipinski definition) is 6. The molecule has 30 heavy (non-hydrogen) atoms. The summed E-state index contributed by atoms with van der Waals surface area (Å²) in [5.41, 5.74) is 4.45. The Bertz CT molecular complexity index is 1020. The highest BCUT2D eigenvalue weighted by molar-refractivity contribution is 6.03. The van der Waals surface area contributed by atoms with Gasteiger partial charge in [0, 0.05) is 47.3 Å². The number of Topliss-reactive ketones (excluding diaryl/α,β-unsaturated/α-hetero) is 1. The normalized spacial score (nSPS) is 18.6. The standard InChI is InChI=1S/C24H24N2O4/c1-15-21(24(28)30-14-16-5-4-12-25-13-16)22(17-8-10-18(29-2)11-9-17)23-19(26-15)6-3-7-20(23)27/h4-5,8-13,22,26H,3,6-7,14H2,1-2H3. The summed E-state index contributed by atoms with van der Waals surface area (Å²) in [6.45, 7) is 1.98. The maximum Gasteiger partial charge on any atom is 0.337 e. The SMILES string of the molecule is COc1ccc(C2C(C(=O)OCc3cccnc3)=C(C)NC3=C2C(=O)CCC3)cc1. The highest BCUT2D eigenvalue weighted by Crippen LogP contribution is 2.42. The number of nitrogens with zero attached hydrogens (tertiary/aromatic N) is 1. The van der Waals surface area contributed by atoms with Gasteiger partial charge in [-0.2, -0.15) is 0 Å². The molecule has 1 aromatic heterocycles. The summed E-state index contributed by atoms with van der Waals surface area (Å²) in [6, 6.07) is 11.2. The monoisotopic (exact) mass is 404 g/mol. The first-order valence-electron chi connectivity index (χ1n) is 10.0. The highest BCUT2D eigenvalue weighted by atomic mass is 16.5. The average molecular weight is 404 g/mol. The van der Waals surface area contributed by atoms with E-state index in [9.17, 15) is 9.59 Å². The van der Waals surface area contributed by atoms with Gasteiger partial charge in [0.15, 0.2) is 5.78 Å². The predicted octanol–water partition coefficient (Wildman–Crippen LogP) is 3.80. The summed E-state index contributed by atoms with van der Waals surface area (Å²) in [5.74, 6) is -0.0937. The van der Waals surface area contributed by atoms with Gasteiger partial charge < -0.3 is 14.8 Å². The lowest BCUT2D eigenvalue weighted by atomic mass is 9.75. The quantitative estimate of drug-likeness (QED) is 0.764. The molecule has 1 aromatic carbocycles. The minimum absolute atomic E-state index is 0.0784. The first-order valence-corrected chi connectivity index (χ1v) is 10.0. The van der Waals surface area contributed by atoms with Crippen LogP contribution in [0, 0.1) is 0 Å². The zero-order valence-corrected chi connectivity index (χ0v) is 17.1. The number of pyridine rings is 1. The van der Waals surface area contributed by atoms with E-state index in [1.807, 2.05) is 37.3 Å². The number of ketones is 1. The van der Waals surface area contributed by atoms with Crippen molar-refractivity contribution >= 4 is 11.8 Å². The molecule has 0 fully saturated rings. The molecule has 0 spiro atoms. The Labute approximate surface area is 175 Å². The van der Waals surface area contributed by atoms with Crippen LogP contribution in [0.4, 0.5) is 0 Å². The maximum absolute atomic E-state index is 13.2. The Morgan fingerprint density at radius 2 is 2.00 bits per heavy atom. The van der Waals surface area contributed by atoms with Crippen molar-refractivity contribution in [2.75, 3.05) is 7.11 Å². The molecule has 0 amide bonds. The number of nitrogens with one attached hydrogen (secondary N) is 1. The lowest BCUT2D eigenvalue weighted by molar-refractivity contribution is -0.140. The van der Waals surface area contributed by atoms with Crippen molar-refractivity contribution in [1.82, 2.24) is 10.3 Å². The van der Waals surface area contributed by atoms with E-state index in [0.29, 0.717) is 17.6 Å². The predicted molar refractivity (Wildman–Crippen MR) is 111 cm³/mol. The summed E-state index contributed by atoms with van der Waals surface area (Å²) >= 11 is 0. The van der Waals surface area contributed by atoms with Crippen LogP contribution in [0.5, 0.6) is 5.75 Å². The Morgan fingerprint density at radius 1 is 1.20 bits per heavy atom. The fourth-order valence-electron chi connectivity index (χ4n) is 4.09. The molecule has 2 aromatic rings. The van der Waals surface area contributed by atoms with Gasteiger partial charge in [0.1, 0.15) is 12.4 Å². The number of carbonyl (C=O) groups excluding carboxylic acids is 2. The van der Waals surface area contributed by atoms with Crippen LogP contribution in [0.3, 0.4) is 0 Å². The molecule has 154 valence electrons. The number of hydrogen-bond donors (Lipinski definition) is 1. The van der Waals surface area contributed by atoms with Crippen molar-refractivity contribution in [1.29, 1.82) is 0 Å². The van der Waals surface area contributed by atoms with Gasteiger partial charge in [0.05, 0.1) is 12.7 Å². The topological polar surface area (TPSA) is 77.5 Å². The molecule has 0 saturated carbocycles. The van der Waals surface area contributed by atoms with Crippen LogP contribution in [-0.2, 0) is 20.9 Å². The smallest absolute Gasteiger partial charge is 0.337 e. The molecule has 1 atom stereocenters. The lowest BCUT2D eigenvalue weighted by Crippen LogP contribution is -2.34. The summed E-state index contributed by atoms with van der Waals surface area (Å²) < 4.78 is 10.9. The van der Waals surface area contributed by atoms with Crippen molar-refractivity contribution in [2.45, 2.75) is 38.7 Å². The van der Waals surface area contributed by atoms with E-state index in [0.717, 1.165) is 41.1 Å². The van der Waals surface area contributed by atoms with Gasteiger partial charge in [-0.15, -0.1) is 0 Å². The Kier molecular flexibility index (Phi) is 5.65. The molecular formula is C24H24N2O4. The highest BCUT2D eigenvalue weighted by Gasteiger charge is 2.39. The van der Waals surface area contributed by atoms with Crippen molar-refractivity contribution in [3.63, 3.8) is 0 Å². The van der Waals surface area contributed by atoms with Crippen LogP contribution in [0.15, 0.2) is 71.3 Å². The van der Waals surface area contributed by atoms with Crippen molar-refractivity contribution in [2.24, 2.45) is 0 Å². The summed E-state index contributed by atoms with van der Waals surface area (Å²) in [5, 5.41) is 3.30. The molecule has 4 rings (SSSR count). The molecule has 0 bridgehead atoms. The number of allylic oxidation sites excluding steroid dienone is 3. The third-order valence-electron chi connectivity index (χ3n) is 5.54. The minimum atomic E-state index is -0.457. The molecule has 1 aliphatic carbocycles. The van der Waals surface area contributed by atoms with Crippen LogP contribution >= 0.6 is 0 Å². The van der Waals surface area contributed by atoms with Gasteiger partial charge in [-0.1, -0.05) is 18.2 Å². The third kappa shape index (κ3) is 3.85. The molecule has 2 heterocycles. The first-order chi connectivity index (χ1) is 14.6. The van der Waals surface area contributed by atoms with Gasteiger partial charge in [-0.3, -0.25) is 9.78 Å². The summed E-state index contributed by atoms with van der Waals surface area (Å²) in [4.78, 5) is 30.1. The number of ether oxygens (including phenoxy) is 2. The zero-order chi connectivity index (χ0) is 21.1. The molecule has 1 unspecified atom stereocenters. The number of rotatable bonds is 5. The minimum Gasteiger partial charge on any atom is -0.497 e. The van der Waals surface area contributed by atoms with Gasteiger partial charge in [0.2, 0.25) is 0 Å². The van der Waals surface area contributed by atoms with E-state index in [1.54, 1.807) is 25.6 Å². The molecule has 6 heteroatoms. The number of methoxy groups -OCH3 is 1. The Morgan fingerprint density at radius 3 is 2.70 bits per heavy atom. The van der Waals surface area contributed by atoms with E-state index >= 15 is 0 Å². The Balaban J connectivity index is 1.70. The van der Waals surface area contributed by atoms with E-state index in [-0.39, 0.29) is 12.4 Å². The lowest BCUT2D eigenvalue weighted by Gasteiger charge is -2.34. The molecule has 1 aliphatic heterocycles. The third-order valence-corrected chi connectivity index (χ3v) is 5.54. The first kappa shape index (κ1) is 19.9. The molecule has 0 saturated heterocycles. The number of carbonyl (C=O) groups is 2. The van der Waals surface area contributed by atoms with Crippen LogP contribution in [-0.4, -0.2) is 23.8 Å². The van der Waals surface area contributed by atoms with E-state index in [1.165, 1.54) is 0 Å². The number of dihydropyridines is 1. The van der Waals surface area contributed by atoms with Crippen LogP contribution in [0.1, 0.15) is 43.2 Å². The zero-order valence-electron chi connectivity index (χ0n) is 17.1. The molecule has 1 N–H and O–H groups in total. The summed E-state index contributed by atoms with van der Waals surface area (Å²) in [6.07, 6.45) is 5.44. The number of esters is 1. The van der Waals surface area contributed by atoms with Crippen molar-refractivity contribution in [3.8, 4) is 5.75 Å². The van der Waals surface area contributed by atoms with Gasteiger partial charge in [0.25, 0.3) is 0 Å². The Hall–Kier alpha value is -3.41. The number of aromatic nitrogens is 1. The molecular weight excluding hydrogens is 380 g/mol. The van der Waals surface area contributed by atoms with Crippen LogP contribution in [0.25, 0.3) is 0 Å². The van der Waals surface area contributed by atoms with Gasteiger partial charge in [-0.25, -0.2) is 4.79 Å². The second kappa shape index (κ2) is 8.53. The van der Waals surface area contributed by atoms with Gasteiger partial charge >= 0.3 is 5.97 Å². The molecule has 6 nitrogen and oxygen atoms in total. The molecule has 0 radical (unpaired) electrons. The van der Waals surface area contributed by atoms with Gasteiger partial charge in [-0.05, 0) is 43.5 Å². The second-order valence-corrected chi connectivity index (χ2v) is 7.48. The van der Waals surface area contributed by atoms with Crippen LogP contribution < -0.4 is 10.1 Å². The van der Waals surface area contributed by atoms with E-state index in [2.05, 4.69) is 10.3 Å². The van der Waals surface area contributed by atoms with Crippen molar-refractivity contribution in [3.05, 3.63) is 82.5 Å². The largest absolute Gasteiger partial charge is 0.497 e. The van der Waals surface area contributed by atoms with E-state index < -0.39 is 11.9 Å². The molecule has 2 aliphatic rings. The van der Waals surface area contributed by atoms with Crippen LogP contribution in [0.2, 0.25) is 0 Å². The second-order valence-electron chi connectivity index (χ2n) is 7.48. The van der Waals surface area contributed by atoms with E-state index in [4.69, 9.17) is 9.47 Å². The maximum atomic E-state index is 13.2.